The van der Waals surface area contributed by atoms with Gasteiger partial charge in [0.15, 0.2) is 5.58 Å². The van der Waals surface area contributed by atoms with Gasteiger partial charge in [-0.05, 0) is 12.1 Å². The van der Waals surface area contributed by atoms with Gasteiger partial charge in [-0.3, -0.25) is 9.59 Å². The molecule has 1 aromatic carbocycles. The maximum absolute atomic E-state index is 11.6. The number of rotatable bonds is 4. The van der Waals surface area contributed by atoms with Crippen LogP contribution in [0.25, 0.3) is 22.0 Å². The predicted molar refractivity (Wildman–Crippen MR) is 74.0 cm³/mol. The van der Waals surface area contributed by atoms with Crippen LogP contribution in [0.3, 0.4) is 0 Å². The molecule has 0 unspecified atom stereocenters. The molecule has 0 atom stereocenters. The molecule has 3 rings (SSSR count). The van der Waals surface area contributed by atoms with Crippen LogP contribution in [0.2, 0.25) is 0 Å². The van der Waals surface area contributed by atoms with E-state index in [0.29, 0.717) is 5.76 Å². The van der Waals surface area contributed by atoms with Crippen LogP contribution in [0.15, 0.2) is 34.7 Å². The first-order valence-electron chi connectivity index (χ1n) is 6.17. The van der Waals surface area contributed by atoms with Crippen LogP contribution in [-0.2, 0) is 16.0 Å². The van der Waals surface area contributed by atoms with Crippen molar-refractivity contribution in [3.05, 3.63) is 36.1 Å². The van der Waals surface area contributed by atoms with Crippen molar-refractivity contribution < 1.29 is 14.0 Å². The molecule has 2 heterocycles. The van der Waals surface area contributed by atoms with Gasteiger partial charge < -0.3 is 20.5 Å². The number of aromatic amines is 1. The molecule has 6 nitrogen and oxygen atoms in total. The number of hydrogen-bond donors (Lipinski definition) is 3. The third-order valence-corrected chi connectivity index (χ3v) is 3.02. The summed E-state index contributed by atoms with van der Waals surface area (Å²) in [6.45, 7) is -0.166. The van der Waals surface area contributed by atoms with E-state index in [1.165, 1.54) is 0 Å². The SMILES string of the molecule is NC(=O)CNC(=O)Cc1cc2[nH]c3ccccc3c2o1. The van der Waals surface area contributed by atoms with Crippen LogP contribution in [-0.4, -0.2) is 23.3 Å². The average molecular weight is 271 g/mol. The van der Waals surface area contributed by atoms with Crippen molar-refractivity contribution in [2.45, 2.75) is 6.42 Å². The summed E-state index contributed by atoms with van der Waals surface area (Å²) in [5.41, 5.74) is 7.54. The van der Waals surface area contributed by atoms with Crippen molar-refractivity contribution in [3.63, 3.8) is 0 Å². The van der Waals surface area contributed by atoms with Crippen LogP contribution in [0.5, 0.6) is 0 Å². The summed E-state index contributed by atoms with van der Waals surface area (Å²) in [6, 6.07) is 9.57. The minimum absolute atomic E-state index is 0.0735. The summed E-state index contributed by atoms with van der Waals surface area (Å²) >= 11 is 0. The van der Waals surface area contributed by atoms with Crippen LogP contribution in [0.4, 0.5) is 0 Å². The van der Waals surface area contributed by atoms with Crippen molar-refractivity contribution >= 4 is 33.8 Å². The lowest BCUT2D eigenvalue weighted by molar-refractivity contribution is -0.124. The minimum atomic E-state index is -0.573. The fourth-order valence-corrected chi connectivity index (χ4v) is 2.16. The van der Waals surface area contributed by atoms with Gasteiger partial charge in [0.25, 0.3) is 0 Å². The number of fused-ring (bicyclic) bond motifs is 3. The zero-order valence-corrected chi connectivity index (χ0v) is 10.6. The number of nitrogens with two attached hydrogens (primary N) is 1. The molecule has 3 aromatic rings. The number of primary amides is 1. The molecule has 0 aliphatic heterocycles. The second-order valence-corrected chi connectivity index (χ2v) is 4.55. The van der Waals surface area contributed by atoms with E-state index in [9.17, 15) is 9.59 Å². The fraction of sp³-hybridized carbons (Fsp3) is 0.143. The molecular weight excluding hydrogens is 258 g/mol. The summed E-state index contributed by atoms with van der Waals surface area (Å²) in [6.07, 6.45) is 0.0735. The van der Waals surface area contributed by atoms with E-state index in [1.54, 1.807) is 6.07 Å². The van der Waals surface area contributed by atoms with E-state index in [-0.39, 0.29) is 18.9 Å². The maximum Gasteiger partial charge on any atom is 0.236 e. The average Bonchev–Trinajstić information content (AvgIpc) is 2.93. The molecule has 20 heavy (non-hydrogen) atoms. The van der Waals surface area contributed by atoms with Gasteiger partial charge in [-0.2, -0.15) is 0 Å². The van der Waals surface area contributed by atoms with Crippen molar-refractivity contribution in [2.24, 2.45) is 5.73 Å². The highest BCUT2D eigenvalue weighted by Crippen LogP contribution is 2.28. The lowest BCUT2D eigenvalue weighted by atomic mass is 10.2. The fourth-order valence-electron chi connectivity index (χ4n) is 2.16. The number of carbonyl (C=O) groups excluding carboxylic acids is 2. The van der Waals surface area contributed by atoms with Crippen LogP contribution >= 0.6 is 0 Å². The normalized spacial score (nSPS) is 11.0. The van der Waals surface area contributed by atoms with Crippen molar-refractivity contribution in [3.8, 4) is 0 Å². The largest absolute Gasteiger partial charge is 0.458 e. The Morgan fingerprint density at radius 1 is 1.25 bits per heavy atom. The first-order chi connectivity index (χ1) is 9.63. The Bertz CT molecular complexity index is 800. The van der Waals surface area contributed by atoms with Gasteiger partial charge in [0.1, 0.15) is 5.76 Å². The van der Waals surface area contributed by atoms with Gasteiger partial charge in [0.05, 0.1) is 18.5 Å². The zero-order valence-electron chi connectivity index (χ0n) is 10.6. The number of amides is 2. The molecule has 0 aliphatic rings. The topological polar surface area (TPSA) is 101 Å². The predicted octanol–water partition coefficient (Wildman–Crippen LogP) is 1.06. The molecule has 0 aliphatic carbocycles. The molecule has 0 bridgehead atoms. The molecule has 0 saturated carbocycles. The van der Waals surface area contributed by atoms with Gasteiger partial charge in [-0.15, -0.1) is 0 Å². The van der Waals surface area contributed by atoms with Gasteiger partial charge in [0.2, 0.25) is 11.8 Å². The molecule has 0 radical (unpaired) electrons. The van der Waals surface area contributed by atoms with Crippen molar-refractivity contribution in [1.82, 2.24) is 10.3 Å². The maximum atomic E-state index is 11.6. The number of benzene rings is 1. The highest BCUT2D eigenvalue weighted by atomic mass is 16.3. The first-order valence-corrected chi connectivity index (χ1v) is 6.17. The Morgan fingerprint density at radius 2 is 2.05 bits per heavy atom. The monoisotopic (exact) mass is 271 g/mol. The molecule has 0 spiro atoms. The van der Waals surface area contributed by atoms with Crippen molar-refractivity contribution in [2.75, 3.05) is 6.54 Å². The third-order valence-electron chi connectivity index (χ3n) is 3.02. The van der Waals surface area contributed by atoms with Crippen LogP contribution < -0.4 is 11.1 Å². The molecule has 0 saturated heterocycles. The van der Waals surface area contributed by atoms with E-state index in [4.69, 9.17) is 10.2 Å². The summed E-state index contributed by atoms with van der Waals surface area (Å²) in [4.78, 5) is 25.4. The second kappa shape index (κ2) is 4.73. The lowest BCUT2D eigenvalue weighted by Gasteiger charge is -1.99. The van der Waals surface area contributed by atoms with E-state index in [1.807, 2.05) is 24.3 Å². The Morgan fingerprint density at radius 3 is 2.85 bits per heavy atom. The Labute approximate surface area is 113 Å². The van der Waals surface area contributed by atoms with Gasteiger partial charge in [0, 0.05) is 17.0 Å². The Hall–Kier alpha value is -2.76. The smallest absolute Gasteiger partial charge is 0.236 e. The number of nitrogens with one attached hydrogen (secondary N) is 2. The minimum Gasteiger partial charge on any atom is -0.458 e. The van der Waals surface area contributed by atoms with Crippen LogP contribution in [0, 0.1) is 0 Å². The number of para-hydroxylation sites is 1. The van der Waals surface area contributed by atoms with E-state index >= 15 is 0 Å². The number of furan rings is 1. The van der Waals surface area contributed by atoms with Gasteiger partial charge in [-0.25, -0.2) is 0 Å². The summed E-state index contributed by atoms with van der Waals surface area (Å²) in [7, 11) is 0. The van der Waals surface area contributed by atoms with E-state index in [0.717, 1.165) is 22.0 Å². The standard InChI is InChI=1S/C14H13N3O3/c15-12(18)7-16-13(19)6-8-5-11-14(20-8)9-3-1-2-4-10(9)17-11/h1-5,17H,6-7H2,(H2,15,18)(H,16,19). The summed E-state index contributed by atoms with van der Waals surface area (Å²) in [5.74, 6) is -0.334. The molecule has 6 heteroatoms. The Balaban J connectivity index is 1.83. The highest BCUT2D eigenvalue weighted by molar-refractivity contribution is 6.04. The molecule has 4 N–H and O–H groups in total. The second-order valence-electron chi connectivity index (χ2n) is 4.55. The number of hydrogen-bond acceptors (Lipinski definition) is 3. The number of aromatic nitrogens is 1. The quantitative estimate of drug-likeness (QED) is 0.661. The molecule has 0 fully saturated rings. The first kappa shape index (κ1) is 12.3. The highest BCUT2D eigenvalue weighted by Gasteiger charge is 2.13. The van der Waals surface area contributed by atoms with E-state index in [2.05, 4.69) is 10.3 Å². The van der Waals surface area contributed by atoms with Gasteiger partial charge in [-0.1, -0.05) is 12.1 Å². The van der Waals surface area contributed by atoms with Crippen LogP contribution in [0.1, 0.15) is 5.76 Å². The number of carbonyl (C=O) groups is 2. The van der Waals surface area contributed by atoms with E-state index < -0.39 is 5.91 Å². The Kier molecular flexibility index (Phi) is 2.90. The molecule has 2 aromatic heterocycles. The lowest BCUT2D eigenvalue weighted by Crippen LogP contribution is -2.34. The van der Waals surface area contributed by atoms with Gasteiger partial charge >= 0.3 is 0 Å². The van der Waals surface area contributed by atoms with Crippen molar-refractivity contribution in [1.29, 1.82) is 0 Å². The summed E-state index contributed by atoms with van der Waals surface area (Å²) < 4.78 is 5.69. The molecule has 2 amide bonds. The zero-order chi connectivity index (χ0) is 14.1. The molecule has 102 valence electrons. The summed E-state index contributed by atoms with van der Waals surface area (Å²) in [5, 5.41) is 3.40. The number of H-pyrrole nitrogens is 1. The molecular formula is C14H13N3O3. The third kappa shape index (κ3) is 2.23.